The van der Waals surface area contributed by atoms with E-state index < -0.39 is 32.8 Å². The first-order valence-electron chi connectivity index (χ1n) is 8.80. The molecule has 1 heterocycles. The van der Waals surface area contributed by atoms with E-state index in [0.29, 0.717) is 10.9 Å². The fourth-order valence-corrected chi connectivity index (χ4v) is 3.19. The quantitative estimate of drug-likeness (QED) is 0.335. The van der Waals surface area contributed by atoms with Crippen LogP contribution >= 0.6 is 31.9 Å². The van der Waals surface area contributed by atoms with Crippen LogP contribution in [0.3, 0.4) is 0 Å². The predicted molar refractivity (Wildman–Crippen MR) is 118 cm³/mol. The summed E-state index contributed by atoms with van der Waals surface area (Å²) in [6.45, 7) is 10.2. The van der Waals surface area contributed by atoms with Crippen LogP contribution in [0.2, 0.25) is 0 Å². The Labute approximate surface area is 185 Å². The fourth-order valence-electron chi connectivity index (χ4n) is 2.45. The maximum Gasteiger partial charge on any atom is 0.424 e. The smallest absolute Gasteiger partial charge is 0.424 e. The second kappa shape index (κ2) is 8.47. The van der Waals surface area contributed by atoms with E-state index in [1.54, 1.807) is 53.7 Å². The Kier molecular flexibility index (Phi) is 6.84. The van der Waals surface area contributed by atoms with E-state index in [4.69, 9.17) is 13.9 Å². The summed E-state index contributed by atoms with van der Waals surface area (Å²) in [6, 6.07) is 5.93. The van der Waals surface area contributed by atoms with E-state index in [9.17, 15) is 14.4 Å². The topological polar surface area (TPSA) is 86.1 Å². The van der Waals surface area contributed by atoms with Crippen molar-refractivity contribution >= 4 is 60.7 Å². The van der Waals surface area contributed by atoms with Crippen molar-refractivity contribution in [2.24, 2.45) is 0 Å². The molecule has 158 valence electrons. The minimum absolute atomic E-state index is 0.188. The van der Waals surface area contributed by atoms with Crippen LogP contribution in [0.4, 0.5) is 15.3 Å². The zero-order chi connectivity index (χ0) is 22.1. The van der Waals surface area contributed by atoms with Gasteiger partial charge in [-0.15, -0.1) is 0 Å². The molecule has 9 heteroatoms. The molecule has 0 saturated carbocycles. The van der Waals surface area contributed by atoms with Crippen molar-refractivity contribution in [3.05, 3.63) is 40.2 Å². The molecule has 2 amide bonds. The highest BCUT2D eigenvalue weighted by Crippen LogP contribution is 2.41. The number of imide groups is 1. The highest BCUT2D eigenvalue weighted by molar-refractivity contribution is 9.24. The maximum atomic E-state index is 13.1. The minimum atomic E-state index is -0.910. The van der Waals surface area contributed by atoms with Crippen molar-refractivity contribution in [3.8, 4) is 0 Å². The van der Waals surface area contributed by atoms with Gasteiger partial charge in [0.25, 0.3) is 0 Å². The summed E-state index contributed by atoms with van der Waals surface area (Å²) >= 11 is 6.83. The van der Waals surface area contributed by atoms with Crippen molar-refractivity contribution < 1.29 is 23.5 Å². The predicted octanol–water partition coefficient (Wildman–Crippen LogP) is 6.26. The molecule has 0 aliphatic carbocycles. The number of anilines is 1. The van der Waals surface area contributed by atoms with Gasteiger partial charge in [-0.05, 0) is 53.7 Å². The Hall–Kier alpha value is -1.87. The van der Waals surface area contributed by atoms with Gasteiger partial charge in [0.15, 0.2) is 0 Å². The average Bonchev–Trinajstić information content (AvgIpc) is 2.50. The molecule has 0 fully saturated rings. The molecule has 0 aliphatic rings. The molecule has 0 spiro atoms. The molecule has 0 saturated heterocycles. The lowest BCUT2D eigenvalue weighted by Gasteiger charge is -2.30. The first-order chi connectivity index (χ1) is 13.2. The SMILES string of the molecule is CC(C)(C)OC(=O)N(C(=O)OC(C)(C)C)c1c(C(Br)Br)ccc2oc(=O)ccc12. The van der Waals surface area contributed by atoms with E-state index in [1.165, 1.54) is 12.1 Å². The number of hydrogen-bond acceptors (Lipinski definition) is 6. The van der Waals surface area contributed by atoms with Gasteiger partial charge in [0.2, 0.25) is 0 Å². The van der Waals surface area contributed by atoms with Gasteiger partial charge in [-0.3, -0.25) is 0 Å². The second-order valence-electron chi connectivity index (χ2n) is 8.27. The number of alkyl halides is 2. The molecule has 2 rings (SSSR count). The lowest BCUT2D eigenvalue weighted by atomic mass is 10.1. The molecule has 0 atom stereocenters. The van der Waals surface area contributed by atoms with Gasteiger partial charge in [-0.1, -0.05) is 37.9 Å². The zero-order valence-corrected chi connectivity index (χ0v) is 20.2. The third kappa shape index (κ3) is 6.05. The van der Waals surface area contributed by atoms with Crippen LogP contribution in [0, 0.1) is 0 Å². The normalized spacial score (nSPS) is 12.2. The van der Waals surface area contributed by atoms with Gasteiger partial charge < -0.3 is 13.9 Å². The van der Waals surface area contributed by atoms with Crippen LogP contribution in [-0.4, -0.2) is 23.4 Å². The van der Waals surface area contributed by atoms with Gasteiger partial charge in [-0.2, -0.15) is 4.90 Å². The summed E-state index contributed by atoms with van der Waals surface area (Å²) in [5.74, 6) is 0. The highest BCUT2D eigenvalue weighted by atomic mass is 79.9. The molecule has 29 heavy (non-hydrogen) atoms. The average molecular weight is 533 g/mol. The Morgan fingerprint density at radius 3 is 1.90 bits per heavy atom. The molecular weight excluding hydrogens is 510 g/mol. The van der Waals surface area contributed by atoms with E-state index in [1.807, 2.05) is 0 Å². The van der Waals surface area contributed by atoms with Crippen LogP contribution in [0.1, 0.15) is 50.8 Å². The Morgan fingerprint density at radius 1 is 0.931 bits per heavy atom. The summed E-state index contributed by atoms with van der Waals surface area (Å²) in [6.07, 6.45) is -1.82. The number of benzene rings is 1. The van der Waals surface area contributed by atoms with E-state index in [0.717, 1.165) is 4.90 Å². The zero-order valence-electron chi connectivity index (χ0n) is 17.0. The number of nitrogens with zero attached hydrogens (tertiary/aromatic N) is 1. The van der Waals surface area contributed by atoms with Gasteiger partial charge in [0, 0.05) is 17.0 Å². The van der Waals surface area contributed by atoms with Crippen LogP contribution in [0.5, 0.6) is 0 Å². The van der Waals surface area contributed by atoms with Crippen molar-refractivity contribution in [2.75, 3.05) is 4.90 Å². The number of fused-ring (bicyclic) bond motifs is 1. The lowest BCUT2D eigenvalue weighted by Crippen LogP contribution is -2.44. The maximum absolute atomic E-state index is 13.1. The minimum Gasteiger partial charge on any atom is -0.443 e. The van der Waals surface area contributed by atoms with Gasteiger partial charge in [0.05, 0.1) is 9.42 Å². The third-order valence-corrected chi connectivity index (χ3v) is 4.40. The molecule has 0 aliphatic heterocycles. The summed E-state index contributed by atoms with van der Waals surface area (Å²) in [7, 11) is 0. The Balaban J connectivity index is 2.79. The monoisotopic (exact) mass is 531 g/mol. The number of hydrogen-bond donors (Lipinski definition) is 0. The van der Waals surface area contributed by atoms with E-state index in [-0.39, 0.29) is 11.3 Å². The number of carbonyl (C=O) groups is 2. The third-order valence-electron chi connectivity index (χ3n) is 3.42. The first kappa shape index (κ1) is 23.4. The van der Waals surface area contributed by atoms with Gasteiger partial charge in [0.1, 0.15) is 16.8 Å². The van der Waals surface area contributed by atoms with Gasteiger partial charge >= 0.3 is 17.8 Å². The Bertz CT molecular complexity index is 957. The van der Waals surface area contributed by atoms with Crippen LogP contribution in [-0.2, 0) is 9.47 Å². The molecule has 1 aromatic carbocycles. The fraction of sp³-hybridized carbons (Fsp3) is 0.450. The van der Waals surface area contributed by atoms with Gasteiger partial charge in [-0.25, -0.2) is 14.4 Å². The number of carbonyl (C=O) groups excluding carboxylic acids is 2. The van der Waals surface area contributed by atoms with Crippen LogP contribution in [0.15, 0.2) is 33.5 Å². The van der Waals surface area contributed by atoms with E-state index in [2.05, 4.69) is 31.9 Å². The molecule has 0 unspecified atom stereocenters. The highest BCUT2D eigenvalue weighted by Gasteiger charge is 2.36. The van der Waals surface area contributed by atoms with Crippen LogP contribution < -0.4 is 10.5 Å². The summed E-state index contributed by atoms with van der Waals surface area (Å²) in [4.78, 5) is 38.6. The summed E-state index contributed by atoms with van der Waals surface area (Å²) in [5, 5.41) is 0.378. The van der Waals surface area contributed by atoms with Crippen molar-refractivity contribution in [2.45, 2.75) is 56.5 Å². The lowest BCUT2D eigenvalue weighted by molar-refractivity contribution is 0.0431. The number of rotatable bonds is 2. The number of amides is 2. The molecule has 0 radical (unpaired) electrons. The molecule has 1 aromatic heterocycles. The van der Waals surface area contributed by atoms with Crippen molar-refractivity contribution in [1.29, 1.82) is 0 Å². The molecule has 7 nitrogen and oxygen atoms in total. The van der Waals surface area contributed by atoms with Crippen LogP contribution in [0.25, 0.3) is 11.0 Å². The largest absolute Gasteiger partial charge is 0.443 e. The second-order valence-corrected chi connectivity index (χ2v) is 11.3. The molecule has 2 aromatic rings. The summed E-state index contributed by atoms with van der Waals surface area (Å²) < 4.78 is 15.7. The van der Waals surface area contributed by atoms with Crippen molar-refractivity contribution in [3.63, 3.8) is 0 Å². The first-order valence-corrected chi connectivity index (χ1v) is 10.6. The number of halogens is 2. The molecule has 0 N–H and O–H groups in total. The number of ether oxygens (including phenoxy) is 2. The summed E-state index contributed by atoms with van der Waals surface area (Å²) in [5.41, 5.74) is -1.30. The van der Waals surface area contributed by atoms with Crippen molar-refractivity contribution in [1.82, 2.24) is 0 Å². The standard InChI is InChI=1S/C20H23Br2NO6/c1-19(2,3)28-17(25)23(18(26)29-20(4,5)6)15-11-8-10-14(24)27-13(11)9-7-12(15)16(21)22/h7-10,16H,1-6H3. The van der Waals surface area contributed by atoms with E-state index >= 15 is 0 Å². The molecule has 0 bridgehead atoms. The Morgan fingerprint density at radius 2 is 1.45 bits per heavy atom. The molecular formula is C20H23Br2NO6.